The van der Waals surface area contributed by atoms with E-state index in [4.69, 9.17) is 11.6 Å². The predicted octanol–water partition coefficient (Wildman–Crippen LogP) is 2.27. The van der Waals surface area contributed by atoms with Crippen LogP contribution in [0, 0.1) is 6.92 Å². The lowest BCUT2D eigenvalue weighted by molar-refractivity contribution is 0.457. The Morgan fingerprint density at radius 1 is 1.40 bits per heavy atom. The summed E-state index contributed by atoms with van der Waals surface area (Å²) in [6, 6.07) is 0.220. The third-order valence-corrected chi connectivity index (χ3v) is 3.74. The standard InChI is InChI=1S/C13H17ClN6/c1-9(7-19-5-4-15-8-19)20-11(6-14)16-12-10(2)17-18(3)13(12)20/h4-5,8-9H,6-7H2,1-3H3. The molecule has 7 heteroatoms. The number of hydrogen-bond donors (Lipinski definition) is 0. The number of aryl methyl sites for hydroxylation is 2. The van der Waals surface area contributed by atoms with Gasteiger partial charge in [-0.1, -0.05) is 0 Å². The third-order valence-electron chi connectivity index (χ3n) is 3.50. The van der Waals surface area contributed by atoms with Crippen molar-refractivity contribution in [3.63, 3.8) is 0 Å². The first kappa shape index (κ1) is 13.2. The Balaban J connectivity index is 2.08. The van der Waals surface area contributed by atoms with Gasteiger partial charge in [-0.2, -0.15) is 5.10 Å². The Morgan fingerprint density at radius 3 is 2.85 bits per heavy atom. The molecule has 3 rings (SSSR count). The van der Waals surface area contributed by atoms with Crippen LogP contribution in [0.2, 0.25) is 0 Å². The van der Waals surface area contributed by atoms with Gasteiger partial charge >= 0.3 is 0 Å². The second kappa shape index (κ2) is 4.94. The molecule has 6 nitrogen and oxygen atoms in total. The monoisotopic (exact) mass is 292 g/mol. The highest BCUT2D eigenvalue weighted by Crippen LogP contribution is 2.25. The molecule has 0 fully saturated rings. The number of rotatable bonds is 4. The third kappa shape index (κ3) is 2.00. The maximum atomic E-state index is 6.06. The topological polar surface area (TPSA) is 53.5 Å². The zero-order valence-electron chi connectivity index (χ0n) is 11.8. The van der Waals surface area contributed by atoms with Gasteiger partial charge in [0.05, 0.1) is 23.9 Å². The molecule has 0 radical (unpaired) electrons. The zero-order chi connectivity index (χ0) is 14.3. The highest BCUT2D eigenvalue weighted by molar-refractivity contribution is 6.16. The minimum absolute atomic E-state index is 0.220. The maximum absolute atomic E-state index is 6.06. The fraction of sp³-hybridized carbons (Fsp3) is 0.462. The summed E-state index contributed by atoms with van der Waals surface area (Å²) in [7, 11) is 1.94. The summed E-state index contributed by atoms with van der Waals surface area (Å²) in [5.41, 5.74) is 2.88. The van der Waals surface area contributed by atoms with E-state index in [9.17, 15) is 0 Å². The van der Waals surface area contributed by atoms with Gasteiger partial charge in [0, 0.05) is 26.0 Å². The van der Waals surface area contributed by atoms with E-state index in [2.05, 4.69) is 31.1 Å². The number of imidazole rings is 2. The van der Waals surface area contributed by atoms with Gasteiger partial charge in [-0.05, 0) is 13.8 Å². The van der Waals surface area contributed by atoms with Gasteiger partial charge in [-0.15, -0.1) is 11.6 Å². The van der Waals surface area contributed by atoms with E-state index in [0.29, 0.717) is 5.88 Å². The fourth-order valence-corrected chi connectivity index (χ4v) is 2.87. The smallest absolute Gasteiger partial charge is 0.159 e. The molecule has 0 bridgehead atoms. The van der Waals surface area contributed by atoms with Crippen LogP contribution < -0.4 is 0 Å². The van der Waals surface area contributed by atoms with Crippen LogP contribution in [0.25, 0.3) is 11.2 Å². The van der Waals surface area contributed by atoms with Crippen molar-refractivity contribution in [3.8, 4) is 0 Å². The SMILES string of the molecule is Cc1nn(C)c2c1nc(CCl)n2C(C)Cn1ccnc1. The molecular formula is C13H17ClN6. The molecule has 0 aliphatic rings. The fourth-order valence-electron chi connectivity index (χ4n) is 2.68. The van der Waals surface area contributed by atoms with Gasteiger partial charge in [0.2, 0.25) is 0 Å². The van der Waals surface area contributed by atoms with E-state index in [-0.39, 0.29) is 6.04 Å². The Hall–Kier alpha value is -1.82. The number of alkyl halides is 1. The first-order valence-corrected chi connectivity index (χ1v) is 7.07. The van der Waals surface area contributed by atoms with E-state index < -0.39 is 0 Å². The van der Waals surface area contributed by atoms with Crippen molar-refractivity contribution in [1.29, 1.82) is 0 Å². The van der Waals surface area contributed by atoms with Crippen molar-refractivity contribution in [2.45, 2.75) is 32.3 Å². The lowest BCUT2D eigenvalue weighted by atomic mass is 10.3. The molecule has 0 saturated carbocycles. The highest BCUT2D eigenvalue weighted by Gasteiger charge is 2.20. The Kier molecular flexibility index (Phi) is 3.25. The maximum Gasteiger partial charge on any atom is 0.159 e. The first-order chi connectivity index (χ1) is 9.61. The molecule has 0 spiro atoms. The number of nitrogens with zero attached hydrogens (tertiary/aromatic N) is 6. The van der Waals surface area contributed by atoms with Crippen LogP contribution in [0.1, 0.15) is 24.5 Å². The van der Waals surface area contributed by atoms with Gasteiger partial charge in [0.15, 0.2) is 5.65 Å². The average molecular weight is 293 g/mol. The van der Waals surface area contributed by atoms with E-state index in [1.54, 1.807) is 6.20 Å². The van der Waals surface area contributed by atoms with Crippen molar-refractivity contribution in [3.05, 3.63) is 30.2 Å². The van der Waals surface area contributed by atoms with Crippen molar-refractivity contribution in [2.75, 3.05) is 0 Å². The number of aromatic nitrogens is 6. The zero-order valence-corrected chi connectivity index (χ0v) is 12.5. The summed E-state index contributed by atoms with van der Waals surface area (Å²) in [5, 5.41) is 4.44. The van der Waals surface area contributed by atoms with Crippen LogP contribution in [0.3, 0.4) is 0 Å². The second-order valence-corrected chi connectivity index (χ2v) is 5.29. The van der Waals surface area contributed by atoms with Gasteiger partial charge in [0.25, 0.3) is 0 Å². The largest absolute Gasteiger partial charge is 0.335 e. The molecule has 106 valence electrons. The van der Waals surface area contributed by atoms with Gasteiger partial charge < -0.3 is 9.13 Å². The van der Waals surface area contributed by atoms with Crippen LogP contribution >= 0.6 is 11.6 Å². The summed E-state index contributed by atoms with van der Waals surface area (Å²) < 4.78 is 6.10. The van der Waals surface area contributed by atoms with Gasteiger partial charge in [-0.3, -0.25) is 4.68 Å². The molecule has 3 aromatic rings. The van der Waals surface area contributed by atoms with Crippen LogP contribution in [-0.2, 0) is 19.5 Å². The summed E-state index contributed by atoms with van der Waals surface area (Å²) in [5.74, 6) is 1.27. The van der Waals surface area contributed by atoms with Crippen molar-refractivity contribution >= 4 is 22.8 Å². The van der Waals surface area contributed by atoms with Crippen molar-refractivity contribution in [1.82, 2.24) is 28.9 Å². The van der Waals surface area contributed by atoms with E-state index in [1.807, 2.05) is 31.2 Å². The molecule has 1 unspecified atom stereocenters. The molecule has 0 N–H and O–H groups in total. The van der Waals surface area contributed by atoms with E-state index in [1.165, 1.54) is 0 Å². The normalized spacial score (nSPS) is 13.2. The van der Waals surface area contributed by atoms with Crippen LogP contribution in [0.4, 0.5) is 0 Å². The molecule has 3 heterocycles. The number of hydrogen-bond acceptors (Lipinski definition) is 3. The average Bonchev–Trinajstić information content (AvgIpc) is 3.08. The second-order valence-electron chi connectivity index (χ2n) is 5.02. The van der Waals surface area contributed by atoms with Crippen molar-refractivity contribution in [2.24, 2.45) is 7.05 Å². The molecule has 0 aromatic carbocycles. The molecular weight excluding hydrogens is 276 g/mol. The Labute approximate surface area is 122 Å². The first-order valence-electron chi connectivity index (χ1n) is 6.54. The van der Waals surface area contributed by atoms with Gasteiger partial charge in [0.1, 0.15) is 11.3 Å². The summed E-state index contributed by atoms with van der Waals surface area (Å²) in [4.78, 5) is 8.70. The summed E-state index contributed by atoms with van der Waals surface area (Å²) in [6.45, 7) is 4.94. The predicted molar refractivity (Wildman–Crippen MR) is 77.7 cm³/mol. The molecule has 20 heavy (non-hydrogen) atoms. The van der Waals surface area contributed by atoms with Crippen molar-refractivity contribution < 1.29 is 0 Å². The minimum Gasteiger partial charge on any atom is -0.335 e. The van der Waals surface area contributed by atoms with E-state index >= 15 is 0 Å². The number of halogens is 1. The van der Waals surface area contributed by atoms with Crippen LogP contribution in [0.5, 0.6) is 0 Å². The quantitative estimate of drug-likeness (QED) is 0.693. The molecule has 0 aliphatic carbocycles. The van der Waals surface area contributed by atoms with Crippen LogP contribution in [-0.4, -0.2) is 28.9 Å². The van der Waals surface area contributed by atoms with Gasteiger partial charge in [-0.25, -0.2) is 9.97 Å². The molecule has 1 atom stereocenters. The number of fused-ring (bicyclic) bond motifs is 1. The summed E-state index contributed by atoms with van der Waals surface area (Å²) in [6.07, 6.45) is 5.56. The Bertz CT molecular complexity index is 724. The lowest BCUT2D eigenvalue weighted by Gasteiger charge is -2.17. The van der Waals surface area contributed by atoms with Crippen LogP contribution in [0.15, 0.2) is 18.7 Å². The molecule has 3 aromatic heterocycles. The lowest BCUT2D eigenvalue weighted by Crippen LogP contribution is -2.16. The Morgan fingerprint density at radius 2 is 2.20 bits per heavy atom. The van der Waals surface area contributed by atoms with E-state index in [0.717, 1.165) is 29.2 Å². The minimum atomic E-state index is 0.220. The molecule has 0 saturated heterocycles. The molecule has 0 amide bonds. The summed E-state index contributed by atoms with van der Waals surface area (Å²) >= 11 is 6.06. The molecule has 0 aliphatic heterocycles. The highest BCUT2D eigenvalue weighted by atomic mass is 35.5.